The van der Waals surface area contributed by atoms with Gasteiger partial charge in [-0.25, -0.2) is 17.6 Å². The van der Waals surface area contributed by atoms with E-state index in [1.54, 1.807) is 0 Å². The lowest BCUT2D eigenvalue weighted by Crippen LogP contribution is -2.45. The van der Waals surface area contributed by atoms with Crippen molar-refractivity contribution >= 4 is 0 Å². The van der Waals surface area contributed by atoms with Crippen LogP contribution in [0.3, 0.4) is 0 Å². The van der Waals surface area contributed by atoms with E-state index >= 15 is 0 Å². The molecule has 0 aliphatic rings. The molecule has 114 valence electrons. The van der Waals surface area contributed by atoms with Gasteiger partial charge >= 0.3 is 12.3 Å². The van der Waals surface area contributed by atoms with Gasteiger partial charge in [0.1, 0.15) is 17.7 Å². The van der Waals surface area contributed by atoms with Gasteiger partial charge in [0.15, 0.2) is 0 Å². The molecule has 1 aromatic carbocycles. The second kappa shape index (κ2) is 6.03. The molecule has 1 nitrogen and oxygen atoms in total. The third kappa shape index (κ3) is 3.45. The zero-order valence-corrected chi connectivity index (χ0v) is 11.2. The molecule has 0 bridgehead atoms. The molecule has 0 amide bonds. The van der Waals surface area contributed by atoms with Crippen LogP contribution in [0, 0.1) is 18.6 Å². The smallest absolute Gasteiger partial charge is 0.302 e. The maximum absolute atomic E-state index is 13.7. The van der Waals surface area contributed by atoms with Crippen LogP contribution in [0.4, 0.5) is 26.3 Å². The van der Waals surface area contributed by atoms with Gasteiger partial charge in [0.25, 0.3) is 0 Å². The van der Waals surface area contributed by atoms with Crippen molar-refractivity contribution in [3.05, 3.63) is 34.9 Å². The van der Waals surface area contributed by atoms with Crippen LogP contribution < -0.4 is 5.32 Å². The average Bonchev–Trinajstić information content (AvgIpc) is 2.30. The Morgan fingerprint density at radius 3 is 2.05 bits per heavy atom. The minimum atomic E-state index is -4.48. The summed E-state index contributed by atoms with van der Waals surface area (Å²) in [5, 5.41) is 2.21. The SMILES string of the molecule is Cc1cc(C(NC(C)C)C(F)(F)C(F)F)c(F)cc1F. The van der Waals surface area contributed by atoms with Crippen LogP contribution in [0.1, 0.15) is 31.0 Å². The van der Waals surface area contributed by atoms with Gasteiger partial charge in [0, 0.05) is 17.7 Å². The quantitative estimate of drug-likeness (QED) is 0.803. The van der Waals surface area contributed by atoms with E-state index in [1.807, 2.05) is 0 Å². The van der Waals surface area contributed by atoms with Crippen molar-refractivity contribution in [3.8, 4) is 0 Å². The Balaban J connectivity index is 3.35. The fourth-order valence-corrected chi connectivity index (χ4v) is 1.77. The van der Waals surface area contributed by atoms with Crippen molar-refractivity contribution in [2.24, 2.45) is 0 Å². The summed E-state index contributed by atoms with van der Waals surface area (Å²) in [6, 6.07) is -1.58. The van der Waals surface area contributed by atoms with E-state index in [0.29, 0.717) is 6.07 Å². The van der Waals surface area contributed by atoms with Crippen molar-refractivity contribution in [1.82, 2.24) is 5.32 Å². The highest BCUT2D eigenvalue weighted by atomic mass is 19.3. The van der Waals surface area contributed by atoms with Gasteiger partial charge in [-0.05, 0) is 18.6 Å². The van der Waals surface area contributed by atoms with Gasteiger partial charge in [-0.1, -0.05) is 13.8 Å². The maximum atomic E-state index is 13.7. The summed E-state index contributed by atoms with van der Waals surface area (Å²) in [5.41, 5.74) is -0.773. The predicted molar refractivity (Wildman–Crippen MR) is 63.1 cm³/mol. The molecular weight excluding hydrogens is 284 g/mol. The van der Waals surface area contributed by atoms with Crippen molar-refractivity contribution in [1.29, 1.82) is 0 Å². The molecule has 1 N–H and O–H groups in total. The Morgan fingerprint density at radius 1 is 1.05 bits per heavy atom. The van der Waals surface area contributed by atoms with Crippen LogP contribution in [0.2, 0.25) is 0 Å². The topological polar surface area (TPSA) is 12.0 Å². The molecule has 1 unspecified atom stereocenters. The minimum absolute atomic E-state index is 0.0953. The number of halogens is 6. The summed E-state index contributed by atoms with van der Waals surface area (Å²) in [6.45, 7) is 4.16. The fraction of sp³-hybridized carbons (Fsp3) is 0.538. The molecule has 0 aromatic heterocycles. The summed E-state index contributed by atoms with van der Waals surface area (Å²) < 4.78 is 79.1. The monoisotopic (exact) mass is 299 g/mol. The Labute approximate surface area is 113 Å². The van der Waals surface area contributed by atoms with E-state index in [2.05, 4.69) is 5.32 Å². The van der Waals surface area contributed by atoms with Gasteiger partial charge in [-0.15, -0.1) is 0 Å². The third-order valence-electron chi connectivity index (χ3n) is 2.76. The molecule has 0 radical (unpaired) electrons. The van der Waals surface area contributed by atoms with Gasteiger partial charge in [-0.3, -0.25) is 0 Å². The van der Waals surface area contributed by atoms with Crippen LogP contribution in [-0.2, 0) is 0 Å². The molecule has 1 aromatic rings. The van der Waals surface area contributed by atoms with Crippen molar-refractivity contribution < 1.29 is 26.3 Å². The third-order valence-corrected chi connectivity index (χ3v) is 2.76. The highest BCUT2D eigenvalue weighted by molar-refractivity contribution is 5.30. The van der Waals surface area contributed by atoms with Crippen LogP contribution in [0.25, 0.3) is 0 Å². The first kappa shape index (κ1) is 16.8. The van der Waals surface area contributed by atoms with Crippen LogP contribution >= 0.6 is 0 Å². The molecule has 0 saturated heterocycles. The van der Waals surface area contributed by atoms with Crippen LogP contribution in [-0.4, -0.2) is 18.4 Å². The first-order valence-electron chi connectivity index (χ1n) is 5.95. The predicted octanol–water partition coefficient (Wildman–Crippen LogP) is 4.21. The van der Waals surface area contributed by atoms with Crippen LogP contribution in [0.5, 0.6) is 0 Å². The van der Waals surface area contributed by atoms with Crippen molar-refractivity contribution in [3.63, 3.8) is 0 Å². The fourth-order valence-electron chi connectivity index (χ4n) is 1.77. The molecule has 7 heteroatoms. The van der Waals surface area contributed by atoms with Gasteiger partial charge < -0.3 is 5.32 Å². The second-order valence-corrected chi connectivity index (χ2v) is 4.85. The molecule has 0 aliphatic heterocycles. The van der Waals surface area contributed by atoms with E-state index in [9.17, 15) is 26.3 Å². The molecular formula is C13H15F6N. The summed E-state index contributed by atoms with van der Waals surface area (Å²) in [7, 11) is 0. The average molecular weight is 299 g/mol. The molecule has 1 rings (SSSR count). The van der Waals surface area contributed by atoms with Crippen molar-refractivity contribution in [2.45, 2.75) is 45.2 Å². The lowest BCUT2D eigenvalue weighted by molar-refractivity contribution is -0.153. The summed E-state index contributed by atoms with van der Waals surface area (Å²) in [6.07, 6.45) is -3.97. The van der Waals surface area contributed by atoms with E-state index < -0.39 is 41.6 Å². The first-order valence-corrected chi connectivity index (χ1v) is 5.95. The zero-order valence-electron chi connectivity index (χ0n) is 11.2. The summed E-state index contributed by atoms with van der Waals surface area (Å²) >= 11 is 0. The summed E-state index contributed by atoms with van der Waals surface area (Å²) in [4.78, 5) is 0. The minimum Gasteiger partial charge on any atom is -0.302 e. The molecule has 0 aliphatic carbocycles. The Kier molecular flexibility index (Phi) is 5.07. The number of hydrogen-bond donors (Lipinski definition) is 1. The Morgan fingerprint density at radius 2 is 1.60 bits per heavy atom. The van der Waals surface area contributed by atoms with Crippen molar-refractivity contribution in [2.75, 3.05) is 0 Å². The molecule has 0 saturated carbocycles. The van der Waals surface area contributed by atoms with Crippen LogP contribution in [0.15, 0.2) is 12.1 Å². The molecule has 0 spiro atoms. The molecule has 0 heterocycles. The first-order chi connectivity index (χ1) is 9.07. The lowest BCUT2D eigenvalue weighted by Gasteiger charge is -2.29. The molecule has 1 atom stereocenters. The Hall–Kier alpha value is -1.24. The summed E-state index contributed by atoms with van der Waals surface area (Å²) in [5.74, 6) is -6.68. The van der Waals surface area contributed by atoms with E-state index in [1.165, 1.54) is 20.8 Å². The van der Waals surface area contributed by atoms with Gasteiger partial charge in [-0.2, -0.15) is 8.78 Å². The number of alkyl halides is 4. The largest absolute Gasteiger partial charge is 0.326 e. The maximum Gasteiger partial charge on any atom is 0.326 e. The van der Waals surface area contributed by atoms with E-state index in [4.69, 9.17) is 0 Å². The second-order valence-electron chi connectivity index (χ2n) is 4.85. The Bertz CT molecular complexity index is 472. The molecule has 20 heavy (non-hydrogen) atoms. The highest BCUT2D eigenvalue weighted by Crippen LogP contribution is 2.38. The standard InChI is InChI=1S/C13H15F6N/c1-6(2)20-11(13(18,19)12(16)17)8-4-7(3)9(14)5-10(8)15/h4-6,11-12,20H,1-3H3. The van der Waals surface area contributed by atoms with E-state index in [0.717, 1.165) is 6.07 Å². The number of nitrogens with one attached hydrogen (secondary N) is 1. The van der Waals surface area contributed by atoms with Gasteiger partial charge in [0.05, 0.1) is 0 Å². The van der Waals surface area contributed by atoms with E-state index in [-0.39, 0.29) is 5.56 Å². The van der Waals surface area contributed by atoms with Gasteiger partial charge in [0.2, 0.25) is 0 Å². The highest BCUT2D eigenvalue weighted by Gasteiger charge is 2.50. The number of rotatable bonds is 5. The lowest BCUT2D eigenvalue weighted by atomic mass is 9.97. The number of hydrogen-bond acceptors (Lipinski definition) is 1. The normalized spacial score (nSPS) is 14.2. The number of aryl methyl sites for hydroxylation is 1. The zero-order chi connectivity index (χ0) is 15.7. The molecule has 0 fully saturated rings. The number of benzene rings is 1.